The molecule has 0 aliphatic heterocycles. The van der Waals surface area contributed by atoms with Gasteiger partial charge in [0.25, 0.3) is 0 Å². The van der Waals surface area contributed by atoms with Gasteiger partial charge in [0.1, 0.15) is 11.4 Å². The first-order valence-electron chi connectivity index (χ1n) is 6.32. The van der Waals surface area contributed by atoms with Crippen molar-refractivity contribution in [1.29, 1.82) is 0 Å². The molecule has 0 heterocycles. The first-order valence-corrected chi connectivity index (χ1v) is 6.32. The molecule has 18 heavy (non-hydrogen) atoms. The monoisotopic (exact) mass is 243 g/mol. The second-order valence-electron chi connectivity index (χ2n) is 4.27. The van der Waals surface area contributed by atoms with Crippen molar-refractivity contribution in [2.24, 2.45) is 0 Å². The first-order chi connectivity index (χ1) is 8.33. The van der Waals surface area contributed by atoms with Crippen LogP contribution in [0.2, 0.25) is 0 Å². The molecule has 0 unspecified atom stereocenters. The SMILES string of the molecule is CC[N+](CC)(c1ccccc1)c1ccccc1.[OH-]. The molecule has 0 radical (unpaired) electrons. The summed E-state index contributed by atoms with van der Waals surface area (Å²) in [6, 6.07) is 21.5. The molecule has 2 heteroatoms. The van der Waals surface area contributed by atoms with Gasteiger partial charge in [-0.1, -0.05) is 36.4 Å². The standard InChI is InChI=1S/C16H20N.H2O/c1-3-17(4-2,15-11-7-5-8-12-15)16-13-9-6-10-14-16;/h5-14H,3-4H2,1-2H3;1H2/q+1;/p-1. The van der Waals surface area contributed by atoms with Crippen molar-refractivity contribution in [3.8, 4) is 0 Å². The maximum absolute atomic E-state index is 2.25. The molecule has 0 saturated carbocycles. The summed E-state index contributed by atoms with van der Waals surface area (Å²) in [5.41, 5.74) is 2.73. The van der Waals surface area contributed by atoms with E-state index in [1.165, 1.54) is 11.4 Å². The number of para-hydroxylation sites is 2. The van der Waals surface area contributed by atoms with E-state index in [9.17, 15) is 0 Å². The Labute approximate surface area is 109 Å². The van der Waals surface area contributed by atoms with Gasteiger partial charge in [0.15, 0.2) is 0 Å². The molecule has 0 saturated heterocycles. The Morgan fingerprint density at radius 2 is 1.00 bits per heavy atom. The van der Waals surface area contributed by atoms with Crippen molar-refractivity contribution in [3.05, 3.63) is 60.7 Å². The second-order valence-corrected chi connectivity index (χ2v) is 4.27. The minimum Gasteiger partial charge on any atom is -0.870 e. The summed E-state index contributed by atoms with van der Waals surface area (Å²) < 4.78 is 0.918. The minimum absolute atomic E-state index is 0. The largest absolute Gasteiger partial charge is 0.870 e. The zero-order valence-electron chi connectivity index (χ0n) is 11.1. The van der Waals surface area contributed by atoms with E-state index in [1.54, 1.807) is 0 Å². The van der Waals surface area contributed by atoms with Gasteiger partial charge >= 0.3 is 0 Å². The number of hydrogen-bond donors (Lipinski definition) is 0. The van der Waals surface area contributed by atoms with Crippen LogP contribution in [0.15, 0.2) is 60.7 Å². The van der Waals surface area contributed by atoms with Crippen LogP contribution in [0.3, 0.4) is 0 Å². The summed E-state index contributed by atoms with van der Waals surface area (Å²) >= 11 is 0. The fourth-order valence-corrected chi connectivity index (χ4v) is 2.53. The third kappa shape index (κ3) is 2.45. The fourth-order valence-electron chi connectivity index (χ4n) is 2.53. The van der Waals surface area contributed by atoms with Crippen LogP contribution in [0.25, 0.3) is 0 Å². The second kappa shape index (κ2) is 6.34. The highest BCUT2D eigenvalue weighted by Gasteiger charge is 2.28. The number of quaternary nitrogens is 1. The molecule has 0 spiro atoms. The Morgan fingerprint density at radius 1 is 0.667 bits per heavy atom. The predicted octanol–water partition coefficient (Wildman–Crippen LogP) is 4.19. The molecule has 1 N–H and O–H groups in total. The lowest BCUT2D eigenvalue weighted by atomic mass is 10.1. The number of rotatable bonds is 4. The molecular weight excluding hydrogens is 222 g/mol. The van der Waals surface area contributed by atoms with Crippen LogP contribution in [0.4, 0.5) is 11.4 Å². The smallest absolute Gasteiger partial charge is 0.137 e. The topological polar surface area (TPSA) is 30.0 Å². The predicted molar refractivity (Wildman–Crippen MR) is 77.4 cm³/mol. The quantitative estimate of drug-likeness (QED) is 0.740. The molecule has 0 bridgehead atoms. The lowest BCUT2D eigenvalue weighted by molar-refractivity contribution is 0.421. The van der Waals surface area contributed by atoms with Crippen molar-refractivity contribution in [2.45, 2.75) is 13.8 Å². The van der Waals surface area contributed by atoms with Crippen molar-refractivity contribution in [3.63, 3.8) is 0 Å². The Hall–Kier alpha value is -1.64. The van der Waals surface area contributed by atoms with E-state index >= 15 is 0 Å². The molecule has 2 aromatic carbocycles. The summed E-state index contributed by atoms with van der Waals surface area (Å²) in [5, 5.41) is 0. The van der Waals surface area contributed by atoms with Gasteiger partial charge in [-0.05, 0) is 38.1 Å². The van der Waals surface area contributed by atoms with Crippen LogP contribution in [-0.4, -0.2) is 18.6 Å². The molecule has 0 aliphatic rings. The van der Waals surface area contributed by atoms with Gasteiger partial charge < -0.3 is 5.48 Å². The Bertz CT molecular complexity index is 408. The maximum atomic E-state index is 2.25. The summed E-state index contributed by atoms with van der Waals surface area (Å²) in [7, 11) is 0. The fraction of sp³-hybridized carbons (Fsp3) is 0.250. The number of nitrogens with zero attached hydrogens (tertiary/aromatic N) is 1. The van der Waals surface area contributed by atoms with E-state index in [0.29, 0.717) is 0 Å². The highest BCUT2D eigenvalue weighted by molar-refractivity contribution is 5.57. The third-order valence-electron chi connectivity index (χ3n) is 3.58. The van der Waals surface area contributed by atoms with E-state index in [-0.39, 0.29) is 5.48 Å². The molecule has 0 fully saturated rings. The third-order valence-corrected chi connectivity index (χ3v) is 3.58. The van der Waals surface area contributed by atoms with Crippen LogP contribution in [0.1, 0.15) is 13.8 Å². The molecular formula is C16H21NO. The van der Waals surface area contributed by atoms with Gasteiger partial charge in [0.05, 0.1) is 13.1 Å². The lowest BCUT2D eigenvalue weighted by Gasteiger charge is -2.35. The van der Waals surface area contributed by atoms with E-state index in [2.05, 4.69) is 74.5 Å². The Kier molecular flexibility index (Phi) is 5.08. The maximum Gasteiger partial charge on any atom is 0.137 e. The van der Waals surface area contributed by atoms with Gasteiger partial charge in [-0.15, -0.1) is 0 Å². The van der Waals surface area contributed by atoms with Crippen LogP contribution < -0.4 is 4.48 Å². The van der Waals surface area contributed by atoms with Gasteiger partial charge in [-0.25, -0.2) is 0 Å². The van der Waals surface area contributed by atoms with E-state index in [4.69, 9.17) is 0 Å². The summed E-state index contributed by atoms with van der Waals surface area (Å²) in [5.74, 6) is 0. The zero-order chi connectivity index (χ0) is 12.1. The van der Waals surface area contributed by atoms with Crippen LogP contribution >= 0.6 is 0 Å². The zero-order valence-corrected chi connectivity index (χ0v) is 11.1. The molecule has 2 aromatic rings. The van der Waals surface area contributed by atoms with Crippen LogP contribution in [-0.2, 0) is 0 Å². The molecule has 2 nitrogen and oxygen atoms in total. The highest BCUT2D eigenvalue weighted by atomic mass is 16.0. The summed E-state index contributed by atoms with van der Waals surface area (Å²) in [6.45, 7) is 6.65. The average Bonchev–Trinajstić information content (AvgIpc) is 2.43. The van der Waals surface area contributed by atoms with Gasteiger partial charge in [-0.2, -0.15) is 0 Å². The van der Waals surface area contributed by atoms with Crippen molar-refractivity contribution in [2.75, 3.05) is 13.1 Å². The van der Waals surface area contributed by atoms with Crippen molar-refractivity contribution in [1.82, 2.24) is 4.48 Å². The Balaban J connectivity index is 0.00000162. The molecule has 0 aromatic heterocycles. The van der Waals surface area contributed by atoms with Crippen LogP contribution in [0.5, 0.6) is 0 Å². The molecule has 0 aliphatic carbocycles. The van der Waals surface area contributed by atoms with E-state index in [1.807, 2.05) is 0 Å². The molecule has 0 amide bonds. The van der Waals surface area contributed by atoms with Crippen molar-refractivity contribution < 1.29 is 5.48 Å². The van der Waals surface area contributed by atoms with E-state index in [0.717, 1.165) is 17.6 Å². The van der Waals surface area contributed by atoms with Gasteiger partial charge in [0, 0.05) is 0 Å². The molecule has 0 atom stereocenters. The number of hydrogen-bond acceptors (Lipinski definition) is 1. The summed E-state index contributed by atoms with van der Waals surface area (Å²) in [6.07, 6.45) is 0. The first kappa shape index (κ1) is 14.4. The lowest BCUT2D eigenvalue weighted by Crippen LogP contribution is -2.43. The highest BCUT2D eigenvalue weighted by Crippen LogP contribution is 2.33. The van der Waals surface area contributed by atoms with Crippen molar-refractivity contribution >= 4 is 11.4 Å². The van der Waals surface area contributed by atoms with E-state index < -0.39 is 0 Å². The average molecular weight is 243 g/mol. The Morgan fingerprint density at radius 3 is 1.28 bits per heavy atom. The minimum atomic E-state index is 0. The summed E-state index contributed by atoms with van der Waals surface area (Å²) in [4.78, 5) is 0. The van der Waals surface area contributed by atoms with Gasteiger partial charge in [0.2, 0.25) is 0 Å². The molecule has 2 rings (SSSR count). The normalized spacial score (nSPS) is 10.8. The van der Waals surface area contributed by atoms with Crippen LogP contribution in [0, 0.1) is 0 Å². The number of benzene rings is 2. The molecule has 96 valence electrons. The van der Waals surface area contributed by atoms with Gasteiger partial charge in [-0.3, -0.25) is 4.48 Å².